The molecule has 110 valence electrons. The van der Waals surface area contributed by atoms with Crippen molar-refractivity contribution in [1.29, 1.82) is 0 Å². The normalized spacial score (nSPS) is 10.4. The number of carbonyl (C=O) groups is 1. The maximum Gasteiger partial charge on any atom is 0.234 e. The summed E-state index contributed by atoms with van der Waals surface area (Å²) in [6.45, 7) is 0. The molecule has 0 heterocycles. The highest BCUT2D eigenvalue weighted by atomic mass is 79.9. The van der Waals surface area contributed by atoms with E-state index < -0.39 is 5.82 Å². The molecule has 2 rings (SSSR count). The Kier molecular flexibility index (Phi) is 5.76. The number of benzene rings is 2. The fraction of sp³-hybridized carbons (Fsp3) is 0.133. The van der Waals surface area contributed by atoms with Crippen LogP contribution in [0.3, 0.4) is 0 Å². The summed E-state index contributed by atoms with van der Waals surface area (Å²) in [6, 6.07) is 10.6. The summed E-state index contributed by atoms with van der Waals surface area (Å²) in [5.41, 5.74) is 1.09. The first kappa shape index (κ1) is 16.0. The molecule has 0 aromatic heterocycles. The van der Waals surface area contributed by atoms with Gasteiger partial charge in [0.1, 0.15) is 11.6 Å². The van der Waals surface area contributed by atoms with Crippen LogP contribution in [0.4, 0.5) is 14.5 Å². The molecule has 0 fully saturated rings. The number of halogens is 3. The van der Waals surface area contributed by atoms with Crippen molar-refractivity contribution in [3.63, 3.8) is 0 Å². The second-order valence-corrected chi connectivity index (χ2v) is 6.19. The van der Waals surface area contributed by atoms with Crippen LogP contribution in [-0.4, -0.2) is 11.7 Å². The monoisotopic (exact) mass is 371 g/mol. The van der Waals surface area contributed by atoms with Crippen molar-refractivity contribution < 1.29 is 13.6 Å². The summed E-state index contributed by atoms with van der Waals surface area (Å²) >= 11 is 4.53. The predicted octanol–water partition coefficient (Wildman–Crippen LogP) is 4.60. The van der Waals surface area contributed by atoms with Crippen LogP contribution in [0.5, 0.6) is 0 Å². The van der Waals surface area contributed by atoms with Gasteiger partial charge in [-0.15, -0.1) is 11.8 Å². The van der Waals surface area contributed by atoms with Gasteiger partial charge in [0.2, 0.25) is 5.91 Å². The summed E-state index contributed by atoms with van der Waals surface area (Å²) in [4.78, 5) is 11.7. The SMILES string of the molecule is O=C(CSCc1ccc(F)cc1)Nc1ccc(Br)cc1F. The van der Waals surface area contributed by atoms with Gasteiger partial charge in [-0.05, 0) is 35.9 Å². The van der Waals surface area contributed by atoms with E-state index in [9.17, 15) is 13.6 Å². The number of anilines is 1. The van der Waals surface area contributed by atoms with Crippen LogP contribution in [0.1, 0.15) is 5.56 Å². The summed E-state index contributed by atoms with van der Waals surface area (Å²) in [6.07, 6.45) is 0. The van der Waals surface area contributed by atoms with Crippen LogP contribution in [0.15, 0.2) is 46.9 Å². The van der Waals surface area contributed by atoms with Crippen LogP contribution < -0.4 is 5.32 Å². The topological polar surface area (TPSA) is 29.1 Å². The molecule has 0 unspecified atom stereocenters. The smallest absolute Gasteiger partial charge is 0.234 e. The molecule has 0 saturated heterocycles. The van der Waals surface area contributed by atoms with E-state index in [-0.39, 0.29) is 23.2 Å². The van der Waals surface area contributed by atoms with E-state index >= 15 is 0 Å². The molecule has 0 atom stereocenters. The Hall–Kier alpha value is -1.40. The van der Waals surface area contributed by atoms with Crippen molar-refractivity contribution >= 4 is 39.3 Å². The maximum absolute atomic E-state index is 13.5. The third-order valence-corrected chi connectivity index (χ3v) is 4.12. The van der Waals surface area contributed by atoms with Crippen LogP contribution >= 0.6 is 27.7 Å². The summed E-state index contributed by atoms with van der Waals surface area (Å²) < 4.78 is 26.9. The van der Waals surface area contributed by atoms with Gasteiger partial charge in [0.05, 0.1) is 11.4 Å². The fourth-order valence-corrected chi connectivity index (χ4v) is 2.74. The largest absolute Gasteiger partial charge is 0.323 e. The minimum Gasteiger partial charge on any atom is -0.323 e. The lowest BCUT2D eigenvalue weighted by atomic mass is 10.2. The van der Waals surface area contributed by atoms with Gasteiger partial charge in [0.15, 0.2) is 0 Å². The first-order valence-electron chi connectivity index (χ1n) is 6.11. The van der Waals surface area contributed by atoms with Crippen molar-refractivity contribution in [2.24, 2.45) is 0 Å². The van der Waals surface area contributed by atoms with Gasteiger partial charge in [-0.2, -0.15) is 0 Å². The van der Waals surface area contributed by atoms with Gasteiger partial charge in [-0.25, -0.2) is 8.78 Å². The standard InChI is InChI=1S/C15H12BrF2NOS/c16-11-3-6-14(13(18)7-11)19-15(20)9-21-8-10-1-4-12(17)5-2-10/h1-7H,8-9H2,(H,19,20). The molecule has 6 heteroatoms. The molecular weight excluding hydrogens is 360 g/mol. The molecule has 1 N–H and O–H groups in total. The van der Waals surface area contributed by atoms with Gasteiger partial charge in [0, 0.05) is 10.2 Å². The molecule has 1 amide bonds. The Balaban J connectivity index is 1.81. The van der Waals surface area contributed by atoms with Gasteiger partial charge in [0.25, 0.3) is 0 Å². The van der Waals surface area contributed by atoms with E-state index in [2.05, 4.69) is 21.2 Å². The number of nitrogens with one attached hydrogen (secondary N) is 1. The van der Waals surface area contributed by atoms with Crippen LogP contribution in [0.2, 0.25) is 0 Å². The van der Waals surface area contributed by atoms with Gasteiger partial charge < -0.3 is 5.32 Å². The second kappa shape index (κ2) is 7.56. The Morgan fingerprint density at radius 3 is 2.52 bits per heavy atom. The van der Waals surface area contributed by atoms with E-state index in [0.717, 1.165) is 5.56 Å². The number of hydrogen-bond acceptors (Lipinski definition) is 2. The molecule has 0 aliphatic rings. The Bertz CT molecular complexity index is 634. The third-order valence-electron chi connectivity index (χ3n) is 2.62. The second-order valence-electron chi connectivity index (χ2n) is 4.29. The summed E-state index contributed by atoms with van der Waals surface area (Å²) in [5, 5.41) is 2.52. The third kappa shape index (κ3) is 5.13. The highest BCUT2D eigenvalue weighted by Crippen LogP contribution is 2.20. The average molecular weight is 372 g/mol. The zero-order chi connectivity index (χ0) is 15.2. The highest BCUT2D eigenvalue weighted by Gasteiger charge is 2.07. The maximum atomic E-state index is 13.5. The predicted molar refractivity (Wildman–Crippen MR) is 85.3 cm³/mol. The lowest BCUT2D eigenvalue weighted by Gasteiger charge is -2.07. The van der Waals surface area contributed by atoms with Gasteiger partial charge in [-0.3, -0.25) is 4.79 Å². The number of hydrogen-bond donors (Lipinski definition) is 1. The average Bonchev–Trinajstić information content (AvgIpc) is 2.44. The van der Waals surface area contributed by atoms with Crippen molar-refractivity contribution in [2.75, 3.05) is 11.1 Å². The van der Waals surface area contributed by atoms with E-state index in [1.807, 2.05) is 0 Å². The van der Waals surface area contributed by atoms with E-state index in [0.29, 0.717) is 10.2 Å². The van der Waals surface area contributed by atoms with Crippen molar-refractivity contribution in [3.05, 3.63) is 64.1 Å². The van der Waals surface area contributed by atoms with Gasteiger partial charge >= 0.3 is 0 Å². The fourth-order valence-electron chi connectivity index (χ4n) is 1.62. The summed E-state index contributed by atoms with van der Waals surface area (Å²) in [7, 11) is 0. The minimum absolute atomic E-state index is 0.158. The number of thioether (sulfide) groups is 1. The molecule has 0 saturated carbocycles. The van der Waals surface area contributed by atoms with E-state index in [1.54, 1.807) is 18.2 Å². The van der Waals surface area contributed by atoms with Crippen LogP contribution in [0, 0.1) is 11.6 Å². The molecule has 0 aliphatic carbocycles. The molecule has 21 heavy (non-hydrogen) atoms. The van der Waals surface area contributed by atoms with E-state index in [4.69, 9.17) is 0 Å². The zero-order valence-electron chi connectivity index (χ0n) is 10.9. The number of carbonyl (C=O) groups excluding carboxylic acids is 1. The first-order chi connectivity index (χ1) is 10.0. The molecule has 0 spiro atoms. The lowest BCUT2D eigenvalue weighted by molar-refractivity contribution is -0.113. The van der Waals surface area contributed by atoms with Crippen LogP contribution in [-0.2, 0) is 10.5 Å². The molecule has 0 bridgehead atoms. The zero-order valence-corrected chi connectivity index (χ0v) is 13.3. The van der Waals surface area contributed by atoms with Crippen LogP contribution in [0.25, 0.3) is 0 Å². The quantitative estimate of drug-likeness (QED) is 0.831. The molecule has 2 nitrogen and oxygen atoms in total. The lowest BCUT2D eigenvalue weighted by Crippen LogP contribution is -2.15. The van der Waals surface area contributed by atoms with Gasteiger partial charge in [-0.1, -0.05) is 28.1 Å². The molecular formula is C15H12BrF2NOS. The highest BCUT2D eigenvalue weighted by molar-refractivity contribution is 9.10. The minimum atomic E-state index is -0.485. The number of amides is 1. The van der Waals surface area contributed by atoms with Crippen molar-refractivity contribution in [3.8, 4) is 0 Å². The molecule has 2 aromatic rings. The molecule has 2 aromatic carbocycles. The molecule has 0 aliphatic heterocycles. The van der Waals surface area contributed by atoms with E-state index in [1.165, 1.54) is 36.0 Å². The van der Waals surface area contributed by atoms with Crippen molar-refractivity contribution in [2.45, 2.75) is 5.75 Å². The Morgan fingerprint density at radius 2 is 1.86 bits per heavy atom. The molecule has 0 radical (unpaired) electrons. The Morgan fingerprint density at radius 1 is 1.14 bits per heavy atom. The first-order valence-corrected chi connectivity index (χ1v) is 8.06. The summed E-state index contributed by atoms with van der Waals surface area (Å²) in [5.74, 6) is -0.250. The Labute approximate surface area is 134 Å². The van der Waals surface area contributed by atoms with Crippen molar-refractivity contribution in [1.82, 2.24) is 0 Å². The number of rotatable bonds is 5.